The van der Waals surface area contributed by atoms with E-state index < -0.39 is 29.6 Å². The Morgan fingerprint density at radius 2 is 2.00 bits per heavy atom. The lowest BCUT2D eigenvalue weighted by molar-refractivity contribution is -0.141. The monoisotopic (exact) mass is 362 g/mol. The summed E-state index contributed by atoms with van der Waals surface area (Å²) in [5, 5.41) is 13.8. The van der Waals surface area contributed by atoms with Gasteiger partial charge < -0.3 is 15.7 Å². The van der Waals surface area contributed by atoms with Gasteiger partial charge in [0.25, 0.3) is 0 Å². The molecule has 0 heterocycles. The van der Waals surface area contributed by atoms with Crippen molar-refractivity contribution in [1.29, 1.82) is 0 Å². The summed E-state index contributed by atoms with van der Waals surface area (Å²) in [5.74, 6) is -3.01. The molecule has 2 atom stereocenters. The lowest BCUT2D eigenvalue weighted by atomic mass is 10.1. The third-order valence-corrected chi connectivity index (χ3v) is 3.99. The molecule has 2 unspecified atom stereocenters. The normalized spacial score (nSPS) is 21.1. The molecule has 0 bridgehead atoms. The van der Waals surface area contributed by atoms with E-state index in [1.165, 1.54) is 0 Å². The molecule has 21 heavy (non-hydrogen) atoms. The molecule has 0 radical (unpaired) electrons. The molecule has 5 nitrogen and oxygen atoms in total. The Morgan fingerprint density at radius 3 is 2.57 bits per heavy atom. The number of anilines is 1. The average Bonchev–Trinajstić information content (AvgIpc) is 2.82. The molecule has 114 valence electrons. The fourth-order valence-corrected chi connectivity index (χ4v) is 2.84. The van der Waals surface area contributed by atoms with Gasteiger partial charge in [-0.1, -0.05) is 0 Å². The van der Waals surface area contributed by atoms with Crippen LogP contribution in [0.1, 0.15) is 19.3 Å². The zero-order chi connectivity index (χ0) is 15.6. The Kier molecular flexibility index (Phi) is 4.76. The van der Waals surface area contributed by atoms with E-state index in [0.29, 0.717) is 25.3 Å². The summed E-state index contributed by atoms with van der Waals surface area (Å²) in [6.45, 7) is 0. The van der Waals surface area contributed by atoms with Crippen LogP contribution >= 0.6 is 15.9 Å². The molecule has 0 aliphatic heterocycles. The van der Waals surface area contributed by atoms with E-state index in [1.54, 1.807) is 0 Å². The molecule has 2 amide bonds. The van der Waals surface area contributed by atoms with Gasteiger partial charge in [-0.3, -0.25) is 4.79 Å². The quantitative estimate of drug-likeness (QED) is 0.772. The second-order valence-corrected chi connectivity index (χ2v) is 5.74. The van der Waals surface area contributed by atoms with Gasteiger partial charge in [-0.05, 0) is 41.3 Å². The largest absolute Gasteiger partial charge is 0.481 e. The van der Waals surface area contributed by atoms with E-state index in [-0.39, 0.29) is 16.2 Å². The van der Waals surface area contributed by atoms with Gasteiger partial charge in [-0.2, -0.15) is 0 Å². The van der Waals surface area contributed by atoms with E-state index in [9.17, 15) is 18.4 Å². The van der Waals surface area contributed by atoms with Crippen molar-refractivity contribution in [2.75, 3.05) is 5.32 Å². The van der Waals surface area contributed by atoms with Crippen LogP contribution in [0.4, 0.5) is 19.3 Å². The van der Waals surface area contributed by atoms with Crippen LogP contribution in [0.15, 0.2) is 16.6 Å². The van der Waals surface area contributed by atoms with Crippen LogP contribution < -0.4 is 10.6 Å². The zero-order valence-electron chi connectivity index (χ0n) is 10.8. The second-order valence-electron chi connectivity index (χ2n) is 4.89. The summed E-state index contributed by atoms with van der Waals surface area (Å²) in [6.07, 6.45) is 1.39. The first kappa shape index (κ1) is 15.7. The number of hydrogen-bond acceptors (Lipinski definition) is 2. The molecule has 1 aliphatic rings. The van der Waals surface area contributed by atoms with Crippen LogP contribution in [-0.4, -0.2) is 23.1 Å². The number of carboxylic acids is 1. The zero-order valence-corrected chi connectivity index (χ0v) is 12.4. The van der Waals surface area contributed by atoms with Crippen LogP contribution in [0.5, 0.6) is 0 Å². The minimum Gasteiger partial charge on any atom is -0.481 e. The van der Waals surface area contributed by atoms with Crippen molar-refractivity contribution in [2.45, 2.75) is 25.3 Å². The number of urea groups is 1. The van der Waals surface area contributed by atoms with E-state index in [0.717, 1.165) is 6.07 Å². The van der Waals surface area contributed by atoms with Crippen LogP contribution in [0.3, 0.4) is 0 Å². The Morgan fingerprint density at radius 1 is 1.29 bits per heavy atom. The third kappa shape index (κ3) is 3.90. The topological polar surface area (TPSA) is 78.4 Å². The Balaban J connectivity index is 1.96. The Hall–Kier alpha value is -1.70. The minimum atomic E-state index is -0.896. The lowest BCUT2D eigenvalue weighted by Gasteiger charge is -2.14. The summed E-state index contributed by atoms with van der Waals surface area (Å²) in [4.78, 5) is 22.6. The van der Waals surface area contributed by atoms with Crippen molar-refractivity contribution >= 4 is 33.6 Å². The predicted molar refractivity (Wildman–Crippen MR) is 75.0 cm³/mol. The molecule has 2 rings (SSSR count). The van der Waals surface area contributed by atoms with Crippen molar-refractivity contribution in [3.05, 3.63) is 28.2 Å². The standard InChI is InChI=1S/C13H13BrF2N2O3/c14-9-4-7(15)5-10(16)11(9)18-13(21)17-8-2-1-6(3-8)12(19)20/h4-6,8H,1-3H2,(H,19,20)(H2,17,18,21). The van der Waals surface area contributed by atoms with Crippen molar-refractivity contribution in [2.24, 2.45) is 5.92 Å². The molecule has 1 aromatic rings. The second kappa shape index (κ2) is 6.38. The molecule has 0 spiro atoms. The molecular formula is C13H13BrF2N2O3. The number of rotatable bonds is 3. The summed E-state index contributed by atoms with van der Waals surface area (Å²) in [5.41, 5.74) is -0.165. The fraction of sp³-hybridized carbons (Fsp3) is 0.385. The van der Waals surface area contributed by atoms with Gasteiger partial charge in [-0.15, -0.1) is 0 Å². The van der Waals surface area contributed by atoms with Crippen molar-refractivity contribution < 1.29 is 23.5 Å². The van der Waals surface area contributed by atoms with E-state index in [1.807, 2.05) is 0 Å². The first-order valence-electron chi connectivity index (χ1n) is 6.31. The van der Waals surface area contributed by atoms with Crippen molar-refractivity contribution in [3.8, 4) is 0 Å². The molecule has 0 saturated heterocycles. The molecule has 1 saturated carbocycles. The summed E-state index contributed by atoms with van der Waals surface area (Å²) in [6, 6.07) is 0.774. The molecule has 1 fully saturated rings. The van der Waals surface area contributed by atoms with Crippen molar-refractivity contribution in [1.82, 2.24) is 5.32 Å². The average molecular weight is 363 g/mol. The van der Waals surface area contributed by atoms with Gasteiger partial charge in [0.2, 0.25) is 0 Å². The summed E-state index contributed by atoms with van der Waals surface area (Å²) in [7, 11) is 0. The molecule has 0 aromatic heterocycles. The van der Waals surface area contributed by atoms with E-state index in [4.69, 9.17) is 5.11 Å². The first-order valence-corrected chi connectivity index (χ1v) is 7.11. The maximum Gasteiger partial charge on any atom is 0.319 e. The Bertz CT molecular complexity index is 560. The van der Waals surface area contributed by atoms with Gasteiger partial charge in [0, 0.05) is 16.6 Å². The maximum absolute atomic E-state index is 13.6. The number of carbonyl (C=O) groups is 2. The highest BCUT2D eigenvalue weighted by Gasteiger charge is 2.30. The summed E-state index contributed by atoms with van der Waals surface area (Å²) >= 11 is 2.97. The van der Waals surface area contributed by atoms with Crippen LogP contribution in [0, 0.1) is 17.6 Å². The number of carboxylic acid groups (broad SMARTS) is 1. The molecule has 1 aliphatic carbocycles. The summed E-state index contributed by atoms with van der Waals surface area (Å²) < 4.78 is 26.6. The van der Waals surface area contributed by atoms with Gasteiger partial charge in [0.15, 0.2) is 5.82 Å². The number of benzene rings is 1. The van der Waals surface area contributed by atoms with Crippen LogP contribution in [0.2, 0.25) is 0 Å². The fourth-order valence-electron chi connectivity index (χ4n) is 2.33. The number of hydrogen-bond donors (Lipinski definition) is 3. The minimum absolute atomic E-state index is 0.0879. The van der Waals surface area contributed by atoms with Crippen LogP contribution in [-0.2, 0) is 4.79 Å². The van der Waals surface area contributed by atoms with E-state index >= 15 is 0 Å². The van der Waals surface area contributed by atoms with Gasteiger partial charge in [0.1, 0.15) is 5.82 Å². The maximum atomic E-state index is 13.6. The Labute approximate surface area is 127 Å². The highest BCUT2D eigenvalue weighted by molar-refractivity contribution is 9.10. The van der Waals surface area contributed by atoms with Gasteiger partial charge >= 0.3 is 12.0 Å². The molecule has 3 N–H and O–H groups in total. The lowest BCUT2D eigenvalue weighted by Crippen LogP contribution is -2.37. The van der Waals surface area contributed by atoms with E-state index in [2.05, 4.69) is 26.6 Å². The van der Waals surface area contributed by atoms with Crippen LogP contribution in [0.25, 0.3) is 0 Å². The smallest absolute Gasteiger partial charge is 0.319 e. The number of nitrogens with one attached hydrogen (secondary N) is 2. The number of carbonyl (C=O) groups excluding carboxylic acids is 1. The molecule has 8 heteroatoms. The highest BCUT2D eigenvalue weighted by atomic mass is 79.9. The van der Waals surface area contributed by atoms with Crippen molar-refractivity contribution in [3.63, 3.8) is 0 Å². The number of aliphatic carboxylic acids is 1. The molecule has 1 aromatic carbocycles. The highest BCUT2D eigenvalue weighted by Crippen LogP contribution is 2.28. The predicted octanol–water partition coefficient (Wildman–Crippen LogP) is 3.10. The third-order valence-electron chi connectivity index (χ3n) is 3.36. The van der Waals surface area contributed by atoms with Gasteiger partial charge in [-0.25, -0.2) is 13.6 Å². The number of amides is 2. The number of halogens is 3. The SMILES string of the molecule is O=C(Nc1c(F)cc(F)cc1Br)NC1CCC(C(=O)O)C1. The molecular weight excluding hydrogens is 350 g/mol. The van der Waals surface area contributed by atoms with Gasteiger partial charge in [0.05, 0.1) is 11.6 Å². The first-order chi connectivity index (χ1) is 9.86.